The molecule has 0 unspecified atom stereocenters. The lowest BCUT2D eigenvalue weighted by Crippen LogP contribution is -2.62. The zero-order valence-electron chi connectivity index (χ0n) is 18.3. The minimum Gasteiger partial charge on any atom is -0.481 e. The predicted octanol–water partition coefficient (Wildman–Crippen LogP) is 2.22. The summed E-state index contributed by atoms with van der Waals surface area (Å²) in [6.45, 7) is 5.91. The molecule has 31 heavy (non-hydrogen) atoms. The lowest BCUT2D eigenvalue weighted by Gasteiger charge is -2.48. The third-order valence-electron chi connectivity index (χ3n) is 6.72. The highest BCUT2D eigenvalue weighted by atomic mass is 16.8. The zero-order chi connectivity index (χ0) is 22.7. The molecule has 1 saturated carbocycles. The predicted molar refractivity (Wildman–Crippen MR) is 113 cm³/mol. The molecule has 8 nitrogen and oxygen atoms in total. The fraction of sp³-hybridized carbons (Fsp3) is 0.609. The fourth-order valence-corrected chi connectivity index (χ4v) is 5.03. The molecule has 1 aliphatic heterocycles. The highest BCUT2D eigenvalue weighted by Crippen LogP contribution is 2.55. The Labute approximate surface area is 182 Å². The Morgan fingerprint density at radius 3 is 2.39 bits per heavy atom. The van der Waals surface area contributed by atoms with Gasteiger partial charge in [-0.05, 0) is 57.9 Å². The molecular formula is C23H32N2O6. The van der Waals surface area contributed by atoms with Crippen molar-refractivity contribution in [2.45, 2.75) is 70.5 Å². The molecule has 0 radical (unpaired) electrons. The smallest absolute Gasteiger partial charge is 0.312 e. The number of carboxylic acids is 1. The molecule has 1 saturated heterocycles. The monoisotopic (exact) mass is 432 g/mol. The fourth-order valence-electron chi connectivity index (χ4n) is 5.03. The first-order valence-electron chi connectivity index (χ1n) is 10.7. The largest absolute Gasteiger partial charge is 0.481 e. The van der Waals surface area contributed by atoms with Crippen molar-refractivity contribution in [3.05, 3.63) is 35.9 Å². The molecule has 1 aromatic rings. The van der Waals surface area contributed by atoms with Gasteiger partial charge >= 0.3 is 5.97 Å². The maximum Gasteiger partial charge on any atom is 0.312 e. The van der Waals surface area contributed by atoms with E-state index in [0.717, 1.165) is 5.56 Å². The summed E-state index contributed by atoms with van der Waals surface area (Å²) < 4.78 is 12.2. The maximum atomic E-state index is 13.2. The van der Waals surface area contributed by atoms with E-state index >= 15 is 0 Å². The number of hydrogen-bond donors (Lipinski definition) is 3. The number of carboxylic acid groups (broad SMARTS) is 1. The summed E-state index contributed by atoms with van der Waals surface area (Å²) in [5.41, 5.74) is -1.67. The molecule has 0 spiro atoms. The van der Waals surface area contributed by atoms with Crippen molar-refractivity contribution < 1.29 is 29.0 Å². The minimum atomic E-state index is -1.34. The van der Waals surface area contributed by atoms with Crippen LogP contribution in [0.25, 0.3) is 0 Å². The molecule has 170 valence electrons. The van der Waals surface area contributed by atoms with Crippen molar-refractivity contribution >= 4 is 18.3 Å². The van der Waals surface area contributed by atoms with Crippen LogP contribution in [0.15, 0.2) is 30.3 Å². The third-order valence-corrected chi connectivity index (χ3v) is 6.72. The van der Waals surface area contributed by atoms with Gasteiger partial charge in [0, 0.05) is 13.1 Å². The summed E-state index contributed by atoms with van der Waals surface area (Å²) in [5.74, 6) is -2.27. The van der Waals surface area contributed by atoms with Crippen LogP contribution in [-0.4, -0.2) is 47.4 Å². The van der Waals surface area contributed by atoms with Crippen molar-refractivity contribution in [2.24, 2.45) is 11.3 Å². The Kier molecular flexibility index (Phi) is 6.71. The molecular weight excluding hydrogens is 400 g/mol. The van der Waals surface area contributed by atoms with E-state index in [4.69, 9.17) is 9.47 Å². The zero-order valence-corrected chi connectivity index (χ0v) is 18.3. The number of rotatable bonds is 8. The van der Waals surface area contributed by atoms with E-state index in [1.807, 2.05) is 30.3 Å². The number of amides is 2. The van der Waals surface area contributed by atoms with Crippen LogP contribution in [0.3, 0.4) is 0 Å². The molecule has 1 aliphatic carbocycles. The van der Waals surface area contributed by atoms with E-state index in [0.29, 0.717) is 45.2 Å². The van der Waals surface area contributed by atoms with Crippen LogP contribution in [0.2, 0.25) is 0 Å². The summed E-state index contributed by atoms with van der Waals surface area (Å²) in [6, 6.07) is 9.49. The first kappa shape index (κ1) is 23.2. The van der Waals surface area contributed by atoms with E-state index in [9.17, 15) is 19.5 Å². The van der Waals surface area contributed by atoms with Gasteiger partial charge in [0.1, 0.15) is 5.60 Å². The molecule has 2 atom stereocenters. The van der Waals surface area contributed by atoms with Gasteiger partial charge in [0.15, 0.2) is 11.9 Å². The molecule has 0 bridgehead atoms. The molecule has 0 aromatic heterocycles. The van der Waals surface area contributed by atoms with Crippen molar-refractivity contribution in [2.75, 3.05) is 6.54 Å². The molecule has 8 heteroatoms. The lowest BCUT2D eigenvalue weighted by molar-refractivity contribution is -0.204. The van der Waals surface area contributed by atoms with Gasteiger partial charge in [0.2, 0.25) is 6.41 Å². The second-order valence-electron chi connectivity index (χ2n) is 9.17. The van der Waals surface area contributed by atoms with Crippen LogP contribution in [0, 0.1) is 11.3 Å². The number of hydrogen-bond acceptors (Lipinski definition) is 5. The summed E-state index contributed by atoms with van der Waals surface area (Å²) in [5, 5.41) is 15.9. The second-order valence-corrected chi connectivity index (χ2v) is 9.17. The van der Waals surface area contributed by atoms with Gasteiger partial charge < -0.3 is 25.2 Å². The Balaban J connectivity index is 1.83. The number of carbonyl (C=O) groups excluding carboxylic acids is 2. The van der Waals surface area contributed by atoms with Gasteiger partial charge in [-0.1, -0.05) is 30.3 Å². The van der Waals surface area contributed by atoms with E-state index in [1.54, 1.807) is 20.8 Å². The normalized spacial score (nSPS) is 32.2. The molecule has 2 aliphatic rings. The van der Waals surface area contributed by atoms with Gasteiger partial charge in [0.25, 0.3) is 5.91 Å². The Morgan fingerprint density at radius 1 is 1.16 bits per heavy atom. The number of nitrogens with one attached hydrogen (secondary N) is 2. The summed E-state index contributed by atoms with van der Waals surface area (Å²) in [7, 11) is 0. The summed E-state index contributed by atoms with van der Waals surface area (Å²) in [6.07, 6.45) is 1.50. The average Bonchev–Trinajstić information content (AvgIpc) is 3.01. The topological polar surface area (TPSA) is 114 Å². The van der Waals surface area contributed by atoms with E-state index < -0.39 is 28.9 Å². The third kappa shape index (κ3) is 4.60. The maximum absolute atomic E-state index is 13.2. The highest BCUT2D eigenvalue weighted by Gasteiger charge is 2.67. The average molecular weight is 433 g/mol. The molecule has 3 rings (SSSR count). The van der Waals surface area contributed by atoms with Crippen LogP contribution in [-0.2, 0) is 30.4 Å². The Bertz CT molecular complexity index is 804. The number of ether oxygens (including phenoxy) is 2. The number of aliphatic carboxylic acids is 1. The number of benzene rings is 1. The van der Waals surface area contributed by atoms with Crippen LogP contribution in [0.1, 0.15) is 52.0 Å². The minimum absolute atomic E-state index is 0.196. The van der Waals surface area contributed by atoms with Crippen molar-refractivity contribution in [3.8, 4) is 0 Å². The summed E-state index contributed by atoms with van der Waals surface area (Å²) in [4.78, 5) is 36.4. The van der Waals surface area contributed by atoms with Crippen molar-refractivity contribution in [1.82, 2.24) is 10.6 Å². The van der Waals surface area contributed by atoms with E-state index in [2.05, 4.69) is 10.6 Å². The second kappa shape index (κ2) is 8.96. The lowest BCUT2D eigenvalue weighted by atomic mass is 9.60. The molecule has 1 aromatic carbocycles. The van der Waals surface area contributed by atoms with Gasteiger partial charge in [-0.3, -0.25) is 14.4 Å². The quantitative estimate of drug-likeness (QED) is 0.543. The van der Waals surface area contributed by atoms with Crippen molar-refractivity contribution in [3.63, 3.8) is 0 Å². The molecule has 3 N–H and O–H groups in total. The van der Waals surface area contributed by atoms with E-state index in [-0.39, 0.29) is 11.8 Å². The molecule has 2 amide bonds. The molecule has 2 fully saturated rings. The SMILES string of the molecule is CC1(C)O[C@@H](C(=O)NCc2ccccc2)[C@](C)(C2(C(=O)O)CCC(CNC=O)CC2)O1. The Hall–Kier alpha value is -2.45. The highest BCUT2D eigenvalue weighted by molar-refractivity contribution is 5.85. The molecule has 1 heterocycles. The van der Waals surface area contributed by atoms with Gasteiger partial charge in [-0.25, -0.2) is 0 Å². The van der Waals surface area contributed by atoms with Crippen LogP contribution >= 0.6 is 0 Å². The standard InChI is InChI=1S/C23H32N2O6/c1-21(2)30-18(19(27)25-14-16-7-5-4-6-8-16)22(3,31-21)23(20(28)29)11-9-17(10-12-23)13-24-15-26/h4-8,15,17-18H,9-14H2,1-3H3,(H,24,26)(H,25,27)(H,28,29)/t17?,18-,22+,23?/m0/s1. The van der Waals surface area contributed by atoms with Gasteiger partial charge in [-0.2, -0.15) is 0 Å². The first-order chi connectivity index (χ1) is 14.6. The van der Waals surface area contributed by atoms with Crippen LogP contribution < -0.4 is 10.6 Å². The van der Waals surface area contributed by atoms with Crippen molar-refractivity contribution in [1.29, 1.82) is 0 Å². The number of carbonyl (C=O) groups is 3. The summed E-state index contributed by atoms with van der Waals surface area (Å²) >= 11 is 0. The van der Waals surface area contributed by atoms with Gasteiger partial charge in [-0.15, -0.1) is 0 Å². The Morgan fingerprint density at radius 2 is 1.81 bits per heavy atom. The van der Waals surface area contributed by atoms with Crippen LogP contribution in [0.4, 0.5) is 0 Å². The van der Waals surface area contributed by atoms with Gasteiger partial charge in [0.05, 0.1) is 5.41 Å². The van der Waals surface area contributed by atoms with Crippen LogP contribution in [0.5, 0.6) is 0 Å². The first-order valence-corrected chi connectivity index (χ1v) is 10.7. The van der Waals surface area contributed by atoms with E-state index in [1.165, 1.54) is 0 Å².